The van der Waals surface area contributed by atoms with Crippen molar-refractivity contribution in [1.29, 1.82) is 0 Å². The maximum absolute atomic E-state index is 9.77. The number of aryl methyl sites for hydroxylation is 1. The summed E-state index contributed by atoms with van der Waals surface area (Å²) in [7, 11) is 0. The van der Waals surface area contributed by atoms with Crippen molar-refractivity contribution in [3.63, 3.8) is 0 Å². The number of carbonyl (C=O) groups excluding carboxylic acids is 1. The molecule has 0 amide bonds. The Balaban J connectivity index is 0.000000214. The van der Waals surface area contributed by atoms with Crippen LogP contribution in [0.5, 0.6) is 0 Å². The van der Waals surface area contributed by atoms with Crippen molar-refractivity contribution in [3.05, 3.63) is 71.4 Å². The number of nitrogen functional groups attached to an aromatic ring is 1. The van der Waals surface area contributed by atoms with E-state index < -0.39 is 0 Å². The molecule has 0 atom stereocenters. The molecule has 0 spiro atoms. The van der Waals surface area contributed by atoms with E-state index in [0.29, 0.717) is 22.5 Å². The van der Waals surface area contributed by atoms with Crippen LogP contribution in [-0.4, -0.2) is 25.5 Å². The minimum absolute atomic E-state index is 0.171. The van der Waals surface area contributed by atoms with Gasteiger partial charge in [0.2, 0.25) is 11.4 Å². The fourth-order valence-electron chi connectivity index (χ4n) is 1.64. The molecule has 3 aromatic heterocycles. The molecule has 0 radical (unpaired) electrons. The molecule has 0 saturated heterocycles. The predicted octanol–water partition coefficient (Wildman–Crippen LogP) is 4.38. The number of nitrogens with zero attached hydrogens (tertiary/aromatic N) is 5. The Kier molecular flexibility index (Phi) is 8.48. The van der Waals surface area contributed by atoms with Crippen molar-refractivity contribution < 1.29 is 4.79 Å². The molecule has 0 aromatic carbocycles. The molecule has 0 aliphatic rings. The molecular formula is C18H17BrN6O. The van der Waals surface area contributed by atoms with E-state index in [1.807, 2.05) is 23.6 Å². The zero-order chi connectivity index (χ0) is 19.5. The number of ketones is 1. The number of halogens is 1. The average Bonchev–Trinajstić information content (AvgIpc) is 3.02. The quantitative estimate of drug-likeness (QED) is 0.474. The molecule has 26 heavy (non-hydrogen) atoms. The second-order valence-electron chi connectivity index (χ2n) is 5.04. The Hall–Kier alpha value is -3.23. The summed E-state index contributed by atoms with van der Waals surface area (Å²) < 4.78 is 1.86. The molecule has 7 nitrogen and oxygen atoms in total. The SMILES string of the molecule is CC(=O)CBr.[C-]#[N+]c1ccc(N)nc1.[C-]#[N+]c1ccc2nc(C)cn2c1. The van der Waals surface area contributed by atoms with Gasteiger partial charge in [0.25, 0.3) is 0 Å². The normalized spacial score (nSPS) is 8.96. The smallest absolute Gasteiger partial charge is 0.205 e. The minimum Gasteiger partial charge on any atom is -0.384 e. The van der Waals surface area contributed by atoms with Crippen molar-refractivity contribution in [3.8, 4) is 0 Å². The van der Waals surface area contributed by atoms with Crippen LogP contribution in [-0.2, 0) is 4.79 Å². The lowest BCUT2D eigenvalue weighted by molar-refractivity contribution is -0.114. The van der Waals surface area contributed by atoms with Gasteiger partial charge in [-0.3, -0.25) is 9.78 Å². The zero-order valence-corrected chi connectivity index (χ0v) is 15.9. The molecule has 3 aromatic rings. The van der Waals surface area contributed by atoms with Gasteiger partial charge in [0.15, 0.2) is 0 Å². The van der Waals surface area contributed by atoms with Crippen molar-refractivity contribution in [2.45, 2.75) is 13.8 Å². The number of aromatic nitrogens is 3. The Bertz CT molecular complexity index is 950. The highest BCUT2D eigenvalue weighted by molar-refractivity contribution is 9.09. The standard InChI is InChI=1S/C9H7N3.C6H5N3.C3H5BrO/c1-7-5-12-6-8(10-2)3-4-9(12)11-7;1-8-5-2-3-6(7)9-4-5;1-3(5)2-4/h3-6H,1H3;2-4H,(H2,7,9);2H2,1H3. The van der Waals surface area contributed by atoms with Gasteiger partial charge in [-0.05, 0) is 26.0 Å². The third kappa shape index (κ3) is 7.12. The first-order valence-electron chi connectivity index (χ1n) is 7.36. The largest absolute Gasteiger partial charge is 0.384 e. The van der Waals surface area contributed by atoms with E-state index in [2.05, 4.69) is 35.6 Å². The lowest BCUT2D eigenvalue weighted by Crippen LogP contribution is -1.85. The van der Waals surface area contributed by atoms with E-state index in [1.165, 1.54) is 13.1 Å². The average molecular weight is 413 g/mol. The van der Waals surface area contributed by atoms with Crippen molar-refractivity contribution in [1.82, 2.24) is 14.4 Å². The maximum atomic E-state index is 9.77. The molecule has 2 N–H and O–H groups in total. The molecule has 0 bridgehead atoms. The molecule has 132 valence electrons. The third-order valence-corrected chi connectivity index (χ3v) is 3.56. The van der Waals surface area contributed by atoms with Crippen LogP contribution in [0.1, 0.15) is 12.6 Å². The summed E-state index contributed by atoms with van der Waals surface area (Å²) in [6.45, 7) is 16.8. The van der Waals surface area contributed by atoms with Crippen molar-refractivity contribution in [2.24, 2.45) is 0 Å². The number of alkyl halides is 1. The molecule has 0 aliphatic heterocycles. The molecule has 0 unspecified atom stereocenters. The monoisotopic (exact) mass is 412 g/mol. The number of pyridine rings is 2. The van der Waals surface area contributed by atoms with Crippen LogP contribution < -0.4 is 5.73 Å². The van der Waals surface area contributed by atoms with Crippen molar-refractivity contribution >= 4 is 44.6 Å². The lowest BCUT2D eigenvalue weighted by Gasteiger charge is -1.91. The number of fused-ring (bicyclic) bond motifs is 1. The summed E-state index contributed by atoms with van der Waals surface area (Å²) in [4.78, 5) is 24.2. The van der Waals surface area contributed by atoms with E-state index >= 15 is 0 Å². The van der Waals surface area contributed by atoms with Gasteiger partial charge in [-0.2, -0.15) is 0 Å². The van der Waals surface area contributed by atoms with Crippen LogP contribution >= 0.6 is 15.9 Å². The summed E-state index contributed by atoms with van der Waals surface area (Å²) in [5.74, 6) is 0.618. The highest BCUT2D eigenvalue weighted by atomic mass is 79.9. The molecule has 0 aliphatic carbocycles. The van der Waals surface area contributed by atoms with E-state index in [0.717, 1.165) is 11.3 Å². The van der Waals surface area contributed by atoms with Gasteiger partial charge in [-0.15, -0.1) is 0 Å². The number of Topliss-reactive ketones (excluding diaryl/α,β-unsaturated/α-hetero) is 1. The van der Waals surface area contributed by atoms with Gasteiger partial charge in [-0.1, -0.05) is 28.1 Å². The topological polar surface area (TPSA) is 82.0 Å². The molecule has 3 heterocycles. The summed E-state index contributed by atoms with van der Waals surface area (Å²) in [5.41, 5.74) is 8.28. The van der Waals surface area contributed by atoms with E-state index in [4.69, 9.17) is 18.9 Å². The molecule has 8 heteroatoms. The number of rotatable bonds is 1. The fraction of sp³-hybridized carbons (Fsp3) is 0.167. The van der Waals surface area contributed by atoms with E-state index in [1.54, 1.807) is 24.4 Å². The molecule has 3 rings (SSSR count). The number of carbonyl (C=O) groups is 1. The first-order chi connectivity index (χ1) is 12.4. The van der Waals surface area contributed by atoms with Gasteiger partial charge < -0.3 is 10.1 Å². The number of nitrogens with two attached hydrogens (primary N) is 1. The van der Waals surface area contributed by atoms with Crippen LogP contribution in [0.2, 0.25) is 0 Å². The molecule has 0 fully saturated rings. The Morgan fingerprint density at radius 3 is 2.31 bits per heavy atom. The summed E-state index contributed by atoms with van der Waals surface area (Å²) in [6.07, 6.45) is 5.13. The number of anilines is 1. The molecular weight excluding hydrogens is 396 g/mol. The van der Waals surface area contributed by atoms with Gasteiger partial charge in [-0.25, -0.2) is 14.7 Å². The van der Waals surface area contributed by atoms with Crippen LogP contribution in [0.3, 0.4) is 0 Å². The fourth-order valence-corrected chi connectivity index (χ4v) is 1.64. The first-order valence-corrected chi connectivity index (χ1v) is 8.49. The molecule has 0 saturated carbocycles. The van der Waals surface area contributed by atoms with E-state index in [9.17, 15) is 4.79 Å². The zero-order valence-electron chi connectivity index (χ0n) is 14.3. The van der Waals surface area contributed by atoms with Gasteiger partial charge in [0.05, 0.1) is 24.2 Å². The lowest BCUT2D eigenvalue weighted by atomic mass is 10.4. The van der Waals surface area contributed by atoms with Crippen LogP contribution in [0.15, 0.2) is 42.9 Å². The van der Waals surface area contributed by atoms with Crippen molar-refractivity contribution in [2.75, 3.05) is 11.1 Å². The van der Waals surface area contributed by atoms with E-state index in [-0.39, 0.29) is 5.78 Å². The Labute approximate surface area is 160 Å². The van der Waals surface area contributed by atoms with Crippen LogP contribution in [0.4, 0.5) is 17.2 Å². The summed E-state index contributed by atoms with van der Waals surface area (Å²) in [6, 6.07) is 6.86. The number of hydrogen-bond donors (Lipinski definition) is 1. The Morgan fingerprint density at radius 1 is 1.19 bits per heavy atom. The second kappa shape index (κ2) is 10.6. The first kappa shape index (κ1) is 20.8. The minimum atomic E-state index is 0.171. The highest BCUT2D eigenvalue weighted by Crippen LogP contribution is 2.13. The second-order valence-corrected chi connectivity index (χ2v) is 5.60. The number of imidazole rings is 1. The third-order valence-electron chi connectivity index (χ3n) is 2.77. The Morgan fingerprint density at radius 2 is 1.81 bits per heavy atom. The summed E-state index contributed by atoms with van der Waals surface area (Å²) >= 11 is 2.96. The van der Waals surface area contributed by atoms with Gasteiger partial charge >= 0.3 is 0 Å². The summed E-state index contributed by atoms with van der Waals surface area (Å²) in [5, 5.41) is 0.479. The number of hydrogen-bond acceptors (Lipinski definition) is 4. The van der Waals surface area contributed by atoms with Gasteiger partial charge in [0.1, 0.15) is 17.2 Å². The van der Waals surface area contributed by atoms with Gasteiger partial charge in [0, 0.05) is 18.6 Å². The highest BCUT2D eigenvalue weighted by Gasteiger charge is 1.97. The maximum Gasteiger partial charge on any atom is 0.205 e. The van der Waals surface area contributed by atoms with Crippen LogP contribution in [0.25, 0.3) is 15.3 Å². The van der Waals surface area contributed by atoms with Crippen LogP contribution in [0, 0.1) is 20.1 Å². The predicted molar refractivity (Wildman–Crippen MR) is 106 cm³/mol.